The van der Waals surface area contributed by atoms with Gasteiger partial charge in [0, 0.05) is 6.04 Å². The zero-order chi connectivity index (χ0) is 9.42. The van der Waals surface area contributed by atoms with Crippen LogP contribution < -0.4 is 5.76 Å². The van der Waals surface area contributed by atoms with Crippen LogP contribution in [0.4, 0.5) is 0 Å². The number of allylic oxidation sites excluding steroid dienone is 1. The molecule has 1 aliphatic rings. The summed E-state index contributed by atoms with van der Waals surface area (Å²) in [5.41, 5.74) is 1.04. The smallest absolute Gasteiger partial charge is 0.408 e. The third-order valence-electron chi connectivity index (χ3n) is 2.30. The topological polar surface area (TPSA) is 35.1 Å². The Hall–Kier alpha value is -1.25. The van der Waals surface area contributed by atoms with Gasteiger partial charge in [0.15, 0.2) is 5.76 Å². The van der Waals surface area contributed by atoms with Gasteiger partial charge in [0.1, 0.15) is 0 Å². The standard InChI is InChI=1S/C10H13NO2/c1-7(2)11-8-5-3-4-6-9(8)13-10(11)12/h4,6-7H,3,5H2,1-2H3. The summed E-state index contributed by atoms with van der Waals surface area (Å²) >= 11 is 0. The van der Waals surface area contributed by atoms with Gasteiger partial charge in [-0.1, -0.05) is 6.08 Å². The van der Waals surface area contributed by atoms with Gasteiger partial charge >= 0.3 is 5.76 Å². The van der Waals surface area contributed by atoms with E-state index in [-0.39, 0.29) is 11.8 Å². The molecule has 0 radical (unpaired) electrons. The molecule has 1 aromatic heterocycles. The SMILES string of the molecule is CC(C)n1c2c(oc1=O)C=CCC2. The van der Waals surface area contributed by atoms with Crippen LogP contribution in [-0.2, 0) is 6.42 Å². The van der Waals surface area contributed by atoms with Gasteiger partial charge in [-0.3, -0.25) is 4.57 Å². The van der Waals surface area contributed by atoms with E-state index in [1.165, 1.54) is 0 Å². The average molecular weight is 179 g/mol. The van der Waals surface area contributed by atoms with E-state index in [2.05, 4.69) is 0 Å². The lowest BCUT2D eigenvalue weighted by molar-refractivity contribution is 0.451. The zero-order valence-electron chi connectivity index (χ0n) is 7.91. The second kappa shape index (κ2) is 2.91. The van der Waals surface area contributed by atoms with Crippen molar-refractivity contribution >= 4 is 6.08 Å². The highest BCUT2D eigenvalue weighted by Crippen LogP contribution is 2.20. The highest BCUT2D eigenvalue weighted by atomic mass is 16.4. The molecule has 0 unspecified atom stereocenters. The summed E-state index contributed by atoms with van der Waals surface area (Å²) in [5, 5.41) is 0. The van der Waals surface area contributed by atoms with Crippen molar-refractivity contribution < 1.29 is 4.42 Å². The van der Waals surface area contributed by atoms with Gasteiger partial charge in [0.2, 0.25) is 0 Å². The first kappa shape index (κ1) is 8.35. The van der Waals surface area contributed by atoms with Crippen molar-refractivity contribution in [3.63, 3.8) is 0 Å². The molecule has 1 aliphatic carbocycles. The average Bonchev–Trinajstić information content (AvgIpc) is 2.39. The van der Waals surface area contributed by atoms with E-state index in [9.17, 15) is 4.79 Å². The fourth-order valence-electron chi connectivity index (χ4n) is 1.74. The molecule has 3 heteroatoms. The van der Waals surface area contributed by atoms with Crippen LogP contribution >= 0.6 is 0 Å². The summed E-state index contributed by atoms with van der Waals surface area (Å²) in [4.78, 5) is 11.4. The summed E-state index contributed by atoms with van der Waals surface area (Å²) in [6, 6.07) is 0.187. The summed E-state index contributed by atoms with van der Waals surface area (Å²) in [5.74, 6) is 0.511. The molecule has 0 spiro atoms. The van der Waals surface area contributed by atoms with Crippen molar-refractivity contribution in [2.45, 2.75) is 32.7 Å². The largest absolute Gasteiger partial charge is 0.419 e. The fourth-order valence-corrected chi connectivity index (χ4v) is 1.74. The molecular weight excluding hydrogens is 166 g/mol. The molecule has 0 amide bonds. The minimum atomic E-state index is -0.230. The van der Waals surface area contributed by atoms with E-state index in [0.29, 0.717) is 0 Å². The predicted molar refractivity (Wildman–Crippen MR) is 50.7 cm³/mol. The number of aromatic nitrogens is 1. The van der Waals surface area contributed by atoms with Gasteiger partial charge in [0.05, 0.1) is 5.69 Å². The second-order valence-electron chi connectivity index (χ2n) is 3.58. The molecule has 2 rings (SSSR count). The second-order valence-corrected chi connectivity index (χ2v) is 3.58. The van der Waals surface area contributed by atoms with Gasteiger partial charge in [-0.25, -0.2) is 4.79 Å². The maximum atomic E-state index is 11.4. The van der Waals surface area contributed by atoms with Crippen LogP contribution in [0.2, 0.25) is 0 Å². The van der Waals surface area contributed by atoms with E-state index in [4.69, 9.17) is 4.42 Å². The first-order valence-corrected chi connectivity index (χ1v) is 4.61. The zero-order valence-corrected chi connectivity index (χ0v) is 7.91. The van der Waals surface area contributed by atoms with Gasteiger partial charge in [-0.05, 0) is 32.8 Å². The molecular formula is C10H13NO2. The summed E-state index contributed by atoms with van der Waals surface area (Å²) < 4.78 is 6.85. The van der Waals surface area contributed by atoms with Crippen LogP contribution in [0.5, 0.6) is 0 Å². The quantitative estimate of drug-likeness (QED) is 0.660. The van der Waals surface area contributed by atoms with E-state index >= 15 is 0 Å². The first-order valence-electron chi connectivity index (χ1n) is 4.61. The van der Waals surface area contributed by atoms with Crippen molar-refractivity contribution in [1.29, 1.82) is 0 Å². The van der Waals surface area contributed by atoms with Crippen LogP contribution in [0.15, 0.2) is 15.3 Å². The monoisotopic (exact) mass is 179 g/mol. The van der Waals surface area contributed by atoms with Gasteiger partial charge in [-0.2, -0.15) is 0 Å². The van der Waals surface area contributed by atoms with Crippen molar-refractivity contribution in [2.75, 3.05) is 0 Å². The Morgan fingerprint density at radius 1 is 1.54 bits per heavy atom. The lowest BCUT2D eigenvalue weighted by Crippen LogP contribution is -2.19. The minimum Gasteiger partial charge on any atom is -0.408 e. The van der Waals surface area contributed by atoms with Crippen molar-refractivity contribution in [3.8, 4) is 0 Å². The lowest BCUT2D eigenvalue weighted by atomic mass is 10.1. The molecule has 3 nitrogen and oxygen atoms in total. The van der Waals surface area contributed by atoms with E-state index in [1.54, 1.807) is 4.57 Å². The number of fused-ring (bicyclic) bond motifs is 1. The molecule has 0 saturated heterocycles. The summed E-state index contributed by atoms with van der Waals surface area (Å²) in [7, 11) is 0. The Bertz CT molecular complexity index is 396. The van der Waals surface area contributed by atoms with Crippen LogP contribution in [-0.4, -0.2) is 4.57 Å². The maximum Gasteiger partial charge on any atom is 0.419 e. The summed E-state index contributed by atoms with van der Waals surface area (Å²) in [6.45, 7) is 3.99. The molecule has 0 fully saturated rings. The Labute approximate surface area is 76.7 Å². The third-order valence-corrected chi connectivity index (χ3v) is 2.30. The van der Waals surface area contributed by atoms with E-state index in [0.717, 1.165) is 24.3 Å². The Morgan fingerprint density at radius 3 is 3.00 bits per heavy atom. The predicted octanol–water partition coefficient (Wildman–Crippen LogP) is 1.98. The molecule has 0 aromatic carbocycles. The van der Waals surface area contributed by atoms with Crippen LogP contribution in [0.25, 0.3) is 6.08 Å². The Balaban J connectivity index is 2.62. The minimum absolute atomic E-state index is 0.187. The van der Waals surface area contributed by atoms with Crippen LogP contribution in [0.3, 0.4) is 0 Å². The number of hydrogen-bond acceptors (Lipinski definition) is 2. The van der Waals surface area contributed by atoms with Gasteiger partial charge < -0.3 is 4.42 Å². The third kappa shape index (κ3) is 1.24. The maximum absolute atomic E-state index is 11.4. The first-order chi connectivity index (χ1) is 6.20. The normalized spacial score (nSPS) is 15.0. The van der Waals surface area contributed by atoms with Crippen LogP contribution in [0.1, 0.15) is 37.8 Å². The molecule has 13 heavy (non-hydrogen) atoms. The number of hydrogen-bond donors (Lipinski definition) is 0. The number of nitrogens with zero attached hydrogens (tertiary/aromatic N) is 1. The number of rotatable bonds is 1. The molecule has 0 aliphatic heterocycles. The van der Waals surface area contributed by atoms with Gasteiger partial charge in [0.25, 0.3) is 0 Å². The van der Waals surface area contributed by atoms with E-state index < -0.39 is 0 Å². The molecule has 0 N–H and O–H groups in total. The lowest BCUT2D eigenvalue weighted by Gasteiger charge is -2.10. The molecule has 70 valence electrons. The van der Waals surface area contributed by atoms with Crippen LogP contribution in [0, 0.1) is 0 Å². The highest BCUT2D eigenvalue weighted by molar-refractivity contribution is 5.48. The van der Waals surface area contributed by atoms with Gasteiger partial charge in [-0.15, -0.1) is 0 Å². The molecule has 0 atom stereocenters. The van der Waals surface area contributed by atoms with Crippen molar-refractivity contribution in [2.24, 2.45) is 0 Å². The van der Waals surface area contributed by atoms with E-state index in [1.807, 2.05) is 26.0 Å². The summed E-state index contributed by atoms with van der Waals surface area (Å²) in [6.07, 6.45) is 5.84. The van der Waals surface area contributed by atoms with Crippen molar-refractivity contribution in [1.82, 2.24) is 4.57 Å². The molecule has 1 heterocycles. The van der Waals surface area contributed by atoms with Crippen molar-refractivity contribution in [3.05, 3.63) is 28.1 Å². The Morgan fingerprint density at radius 2 is 2.31 bits per heavy atom. The Kier molecular flexibility index (Phi) is 1.87. The molecule has 1 aromatic rings. The molecule has 0 bridgehead atoms. The number of oxazole rings is 1. The fraction of sp³-hybridized carbons (Fsp3) is 0.500. The molecule has 0 saturated carbocycles. The highest BCUT2D eigenvalue weighted by Gasteiger charge is 2.17.